The molecule has 1 saturated carbocycles. The van der Waals surface area contributed by atoms with Gasteiger partial charge in [-0.3, -0.25) is 9.78 Å². The first-order chi connectivity index (χ1) is 13.3. The van der Waals surface area contributed by atoms with Gasteiger partial charge in [0.2, 0.25) is 0 Å². The van der Waals surface area contributed by atoms with Crippen LogP contribution in [0.5, 0.6) is 0 Å². The third-order valence-corrected chi connectivity index (χ3v) is 5.23. The molecule has 1 aromatic heterocycles. The lowest BCUT2D eigenvalue weighted by Crippen LogP contribution is -2.36. The van der Waals surface area contributed by atoms with E-state index in [-0.39, 0.29) is 5.91 Å². The summed E-state index contributed by atoms with van der Waals surface area (Å²) in [6.45, 7) is 3.08. The molecule has 0 bridgehead atoms. The molecule has 1 aliphatic carbocycles. The molecule has 27 heavy (non-hydrogen) atoms. The number of hydrogen-bond donors (Lipinski definition) is 2. The first-order valence-corrected chi connectivity index (χ1v) is 9.74. The van der Waals surface area contributed by atoms with Crippen LogP contribution >= 0.6 is 0 Å². The number of hydrogen-bond acceptors (Lipinski definition) is 5. The molecule has 2 aromatic rings. The van der Waals surface area contributed by atoms with E-state index in [0.29, 0.717) is 24.8 Å². The van der Waals surface area contributed by atoms with Crippen LogP contribution < -0.4 is 15.5 Å². The molecule has 1 amide bonds. The maximum absolute atomic E-state index is 12.8. The molecule has 0 atom stereocenters. The van der Waals surface area contributed by atoms with Crippen molar-refractivity contribution in [1.82, 2.24) is 4.98 Å². The number of aromatic nitrogens is 1. The van der Waals surface area contributed by atoms with Crippen LogP contribution in [0.1, 0.15) is 36.0 Å². The Balaban J connectivity index is 1.47. The molecule has 0 radical (unpaired) electrons. The largest absolute Gasteiger partial charge is 0.381 e. The number of carbonyl (C=O) groups excluding carboxylic acids is 1. The van der Waals surface area contributed by atoms with Gasteiger partial charge in [0, 0.05) is 31.5 Å². The van der Waals surface area contributed by atoms with Gasteiger partial charge >= 0.3 is 0 Å². The summed E-state index contributed by atoms with van der Waals surface area (Å²) < 4.78 is 5.43. The van der Waals surface area contributed by atoms with Crippen molar-refractivity contribution in [3.05, 3.63) is 48.3 Å². The number of nitrogens with zero attached hydrogens (tertiary/aromatic N) is 2. The second-order valence-electron chi connectivity index (χ2n) is 7.16. The second-order valence-corrected chi connectivity index (χ2v) is 7.16. The fourth-order valence-electron chi connectivity index (χ4n) is 3.80. The predicted molar refractivity (Wildman–Crippen MR) is 108 cm³/mol. The maximum atomic E-state index is 12.8. The fraction of sp³-hybridized carbons (Fsp3) is 0.429. The first kappa shape index (κ1) is 17.8. The average Bonchev–Trinajstić information content (AvgIpc) is 3.22. The standard InChI is InChI=1S/C21H26N4O2/c26-21(16-13-18(15-22-14-16)23-17-5-1-2-6-17)24-19-7-3-4-8-20(19)25-9-11-27-12-10-25/h3-4,7-8,13-15,17,23H,1-2,5-6,9-12H2,(H,24,26). The molecule has 0 spiro atoms. The van der Waals surface area contributed by atoms with Gasteiger partial charge in [0.15, 0.2) is 0 Å². The highest BCUT2D eigenvalue weighted by Crippen LogP contribution is 2.27. The zero-order valence-electron chi connectivity index (χ0n) is 15.5. The van der Waals surface area contributed by atoms with Crippen LogP contribution in [-0.4, -0.2) is 43.2 Å². The van der Waals surface area contributed by atoms with Gasteiger partial charge in [-0.05, 0) is 31.0 Å². The lowest BCUT2D eigenvalue weighted by molar-refractivity contribution is 0.102. The lowest BCUT2D eigenvalue weighted by Gasteiger charge is -2.30. The zero-order valence-corrected chi connectivity index (χ0v) is 15.5. The van der Waals surface area contributed by atoms with Crippen LogP contribution in [0.25, 0.3) is 0 Å². The molecule has 2 heterocycles. The molecule has 0 unspecified atom stereocenters. The Bertz CT molecular complexity index is 783. The molecular weight excluding hydrogens is 340 g/mol. The van der Waals surface area contributed by atoms with Crippen molar-refractivity contribution in [2.75, 3.05) is 41.8 Å². The van der Waals surface area contributed by atoms with E-state index in [1.54, 1.807) is 12.4 Å². The maximum Gasteiger partial charge on any atom is 0.257 e. The van der Waals surface area contributed by atoms with Crippen molar-refractivity contribution >= 4 is 23.0 Å². The minimum absolute atomic E-state index is 0.140. The number of carbonyl (C=O) groups is 1. The number of morpholine rings is 1. The lowest BCUT2D eigenvalue weighted by atomic mass is 10.2. The molecular formula is C21H26N4O2. The summed E-state index contributed by atoms with van der Waals surface area (Å²) >= 11 is 0. The molecule has 4 rings (SSSR count). The minimum atomic E-state index is -0.140. The van der Waals surface area contributed by atoms with Gasteiger partial charge in [0.05, 0.1) is 35.8 Å². The van der Waals surface area contributed by atoms with E-state index >= 15 is 0 Å². The van der Waals surface area contributed by atoms with Crippen molar-refractivity contribution < 1.29 is 9.53 Å². The van der Waals surface area contributed by atoms with Crippen LogP contribution in [0.3, 0.4) is 0 Å². The summed E-state index contributed by atoms with van der Waals surface area (Å²) in [5.41, 5.74) is 3.33. The zero-order chi connectivity index (χ0) is 18.5. The quantitative estimate of drug-likeness (QED) is 0.847. The SMILES string of the molecule is O=C(Nc1ccccc1N1CCOCC1)c1cncc(NC2CCCC2)c1. The topological polar surface area (TPSA) is 66.5 Å². The van der Waals surface area contributed by atoms with Crippen molar-refractivity contribution in [3.8, 4) is 0 Å². The van der Waals surface area contributed by atoms with Crippen molar-refractivity contribution in [3.63, 3.8) is 0 Å². The van der Waals surface area contributed by atoms with Gasteiger partial charge in [-0.25, -0.2) is 0 Å². The highest BCUT2D eigenvalue weighted by atomic mass is 16.5. The van der Waals surface area contributed by atoms with Gasteiger partial charge in [0.25, 0.3) is 5.91 Å². The Morgan fingerprint density at radius 1 is 1.11 bits per heavy atom. The molecule has 142 valence electrons. The van der Waals surface area contributed by atoms with Crippen LogP contribution in [0, 0.1) is 0 Å². The molecule has 6 heteroatoms. The first-order valence-electron chi connectivity index (χ1n) is 9.74. The monoisotopic (exact) mass is 366 g/mol. The Kier molecular flexibility index (Phi) is 5.53. The number of ether oxygens (including phenoxy) is 1. The fourth-order valence-corrected chi connectivity index (χ4v) is 3.80. The van der Waals surface area contributed by atoms with Crippen molar-refractivity contribution in [1.29, 1.82) is 0 Å². The number of pyridine rings is 1. The number of benzene rings is 1. The highest BCUT2D eigenvalue weighted by Gasteiger charge is 2.18. The number of anilines is 3. The Morgan fingerprint density at radius 3 is 2.70 bits per heavy atom. The Labute approximate surface area is 159 Å². The van der Waals surface area contributed by atoms with E-state index in [1.165, 1.54) is 25.7 Å². The van der Waals surface area contributed by atoms with Crippen LogP contribution in [0.2, 0.25) is 0 Å². The summed E-state index contributed by atoms with van der Waals surface area (Å²) in [7, 11) is 0. The number of amides is 1. The predicted octanol–water partition coefficient (Wildman–Crippen LogP) is 3.53. The molecule has 1 aromatic carbocycles. The van der Waals surface area contributed by atoms with Crippen LogP contribution in [-0.2, 0) is 4.74 Å². The molecule has 1 saturated heterocycles. The summed E-state index contributed by atoms with van der Waals surface area (Å²) in [4.78, 5) is 19.3. The third-order valence-electron chi connectivity index (χ3n) is 5.23. The summed E-state index contributed by atoms with van der Waals surface area (Å²) in [5.74, 6) is -0.140. The van der Waals surface area contributed by atoms with Gasteiger partial charge in [-0.2, -0.15) is 0 Å². The number of rotatable bonds is 5. The molecule has 2 aliphatic rings. The summed E-state index contributed by atoms with van der Waals surface area (Å²) in [5, 5.41) is 6.55. The Hall–Kier alpha value is -2.60. The molecule has 1 aliphatic heterocycles. The smallest absolute Gasteiger partial charge is 0.257 e. The van der Waals surface area contributed by atoms with Gasteiger partial charge in [0.1, 0.15) is 0 Å². The van der Waals surface area contributed by atoms with Crippen LogP contribution in [0.15, 0.2) is 42.7 Å². The summed E-state index contributed by atoms with van der Waals surface area (Å²) in [6.07, 6.45) is 8.31. The van der Waals surface area contributed by atoms with Gasteiger partial charge < -0.3 is 20.3 Å². The van der Waals surface area contributed by atoms with Gasteiger partial charge in [-0.1, -0.05) is 25.0 Å². The van der Waals surface area contributed by atoms with Crippen molar-refractivity contribution in [2.45, 2.75) is 31.7 Å². The molecule has 6 nitrogen and oxygen atoms in total. The van der Waals surface area contributed by atoms with E-state index in [2.05, 4.69) is 20.5 Å². The number of nitrogens with one attached hydrogen (secondary N) is 2. The normalized spacial score (nSPS) is 17.7. The van der Waals surface area contributed by atoms with E-state index in [9.17, 15) is 4.79 Å². The Morgan fingerprint density at radius 2 is 1.89 bits per heavy atom. The summed E-state index contributed by atoms with van der Waals surface area (Å²) in [6, 6.07) is 10.3. The van der Waals surface area contributed by atoms with Crippen LogP contribution in [0.4, 0.5) is 17.1 Å². The third kappa shape index (κ3) is 4.39. The van der Waals surface area contributed by atoms with Gasteiger partial charge in [-0.15, -0.1) is 0 Å². The highest BCUT2D eigenvalue weighted by molar-refractivity contribution is 6.06. The van der Waals surface area contributed by atoms with E-state index in [1.807, 2.05) is 30.3 Å². The van der Waals surface area contributed by atoms with E-state index < -0.39 is 0 Å². The van der Waals surface area contributed by atoms with E-state index in [0.717, 1.165) is 30.2 Å². The molecule has 2 N–H and O–H groups in total. The van der Waals surface area contributed by atoms with Crippen molar-refractivity contribution in [2.24, 2.45) is 0 Å². The number of para-hydroxylation sites is 2. The average molecular weight is 366 g/mol. The second kappa shape index (κ2) is 8.39. The van der Waals surface area contributed by atoms with E-state index in [4.69, 9.17) is 4.74 Å². The minimum Gasteiger partial charge on any atom is -0.381 e. The molecule has 2 fully saturated rings.